The van der Waals surface area contributed by atoms with Crippen LogP contribution in [0.1, 0.15) is 99.3 Å². The molecule has 0 aliphatic heterocycles. The first-order valence-corrected chi connectivity index (χ1v) is 11.8. The fourth-order valence-electron chi connectivity index (χ4n) is 4.76. The largest absolute Gasteiger partial charge is 0.481 e. The minimum atomic E-state index is -0.588. The second kappa shape index (κ2) is 9.98. The van der Waals surface area contributed by atoms with Gasteiger partial charge in [0.05, 0.1) is 5.41 Å². The molecule has 0 bridgehead atoms. The quantitative estimate of drug-likeness (QED) is 0.279. The number of hydrogen-bond donors (Lipinski definition) is 1. The average Bonchev–Trinajstić information content (AvgIpc) is 3.62. The number of aliphatic carboxylic acids is 1. The van der Waals surface area contributed by atoms with E-state index >= 15 is 0 Å². The van der Waals surface area contributed by atoms with Gasteiger partial charge in [0.25, 0.3) is 6.47 Å². The number of aryl methyl sites for hydroxylation is 4. The molecule has 0 amide bonds. The number of ether oxygens (including phenoxy) is 1. The molecule has 30 heavy (non-hydrogen) atoms. The van der Waals surface area contributed by atoms with E-state index < -0.39 is 5.97 Å². The minimum absolute atomic E-state index is 0.122. The van der Waals surface area contributed by atoms with E-state index in [1.165, 1.54) is 35.1 Å². The Morgan fingerprint density at radius 1 is 0.900 bits per heavy atom. The molecule has 2 saturated carbocycles. The first kappa shape index (κ1) is 22.8. The molecule has 0 radical (unpaired) electrons. The van der Waals surface area contributed by atoms with Crippen LogP contribution in [0.15, 0.2) is 12.1 Å². The van der Waals surface area contributed by atoms with Crippen LogP contribution in [0.4, 0.5) is 0 Å². The van der Waals surface area contributed by atoms with Crippen LogP contribution >= 0.6 is 0 Å². The summed E-state index contributed by atoms with van der Waals surface area (Å²) in [5.41, 5.74) is 5.20. The van der Waals surface area contributed by atoms with Crippen molar-refractivity contribution >= 4 is 12.4 Å². The summed E-state index contributed by atoms with van der Waals surface area (Å²) >= 11 is 0. The molecule has 0 atom stereocenters. The van der Waals surface area contributed by atoms with E-state index in [1.807, 2.05) is 0 Å². The molecule has 1 N–H and O–H groups in total. The summed E-state index contributed by atoms with van der Waals surface area (Å²) in [6.45, 7) is 5.05. The third-order valence-corrected chi connectivity index (χ3v) is 7.39. The van der Waals surface area contributed by atoms with Crippen LogP contribution < -0.4 is 0 Å². The maximum atomic E-state index is 11.2. The molecule has 4 heteroatoms. The van der Waals surface area contributed by atoms with Crippen molar-refractivity contribution in [3.8, 4) is 0 Å². The van der Waals surface area contributed by atoms with Gasteiger partial charge in [-0.1, -0.05) is 31.4 Å². The topological polar surface area (TPSA) is 63.6 Å². The summed E-state index contributed by atoms with van der Waals surface area (Å²) in [7, 11) is 0. The summed E-state index contributed by atoms with van der Waals surface area (Å²) in [5, 5.41) is 9.24. The number of unbranched alkanes of at least 4 members (excludes halogenated alkanes) is 4. The Hall–Kier alpha value is -1.84. The minimum Gasteiger partial charge on any atom is -0.481 e. The SMILES string of the molecule is Cc1cc(CCCCC2(OC=O)CC2)c(C)cc1CCCCCCC1(C(=O)O)CC1. The average molecular weight is 415 g/mol. The number of rotatable bonds is 15. The van der Waals surface area contributed by atoms with Gasteiger partial charge < -0.3 is 9.84 Å². The lowest BCUT2D eigenvalue weighted by molar-refractivity contribution is -0.143. The van der Waals surface area contributed by atoms with E-state index in [9.17, 15) is 14.7 Å². The van der Waals surface area contributed by atoms with Crippen LogP contribution in [-0.4, -0.2) is 23.1 Å². The predicted octanol–water partition coefficient (Wildman–Crippen LogP) is 6.08. The van der Waals surface area contributed by atoms with Crippen LogP contribution in [0.5, 0.6) is 0 Å². The Bertz CT molecular complexity index is 744. The van der Waals surface area contributed by atoms with Crippen LogP contribution in [0.2, 0.25) is 0 Å². The first-order chi connectivity index (χ1) is 14.4. The van der Waals surface area contributed by atoms with Gasteiger partial charge in [0.2, 0.25) is 0 Å². The molecule has 3 rings (SSSR count). The highest BCUT2D eigenvalue weighted by Crippen LogP contribution is 2.50. The molecular formula is C26H38O4. The van der Waals surface area contributed by atoms with Gasteiger partial charge in [-0.3, -0.25) is 9.59 Å². The Morgan fingerprint density at radius 2 is 1.43 bits per heavy atom. The molecule has 0 aromatic heterocycles. The van der Waals surface area contributed by atoms with E-state index in [-0.39, 0.29) is 11.0 Å². The molecule has 2 aliphatic rings. The monoisotopic (exact) mass is 414 g/mol. The van der Waals surface area contributed by atoms with Gasteiger partial charge in [0.1, 0.15) is 5.60 Å². The molecule has 1 aromatic rings. The van der Waals surface area contributed by atoms with Crippen molar-refractivity contribution in [1.29, 1.82) is 0 Å². The molecule has 2 fully saturated rings. The molecule has 0 saturated heterocycles. The molecule has 0 heterocycles. The highest BCUT2D eigenvalue weighted by molar-refractivity contribution is 5.77. The maximum absolute atomic E-state index is 11.2. The number of hydrogen-bond acceptors (Lipinski definition) is 3. The van der Waals surface area contributed by atoms with Gasteiger partial charge in [0, 0.05) is 0 Å². The smallest absolute Gasteiger partial charge is 0.309 e. The van der Waals surface area contributed by atoms with E-state index in [2.05, 4.69) is 26.0 Å². The number of benzene rings is 1. The fraction of sp³-hybridized carbons (Fsp3) is 0.692. The second-order valence-electron chi connectivity index (χ2n) is 9.81. The predicted molar refractivity (Wildman–Crippen MR) is 119 cm³/mol. The Morgan fingerprint density at radius 3 is 1.93 bits per heavy atom. The van der Waals surface area contributed by atoms with Gasteiger partial charge in [-0.15, -0.1) is 0 Å². The van der Waals surface area contributed by atoms with Crippen molar-refractivity contribution in [2.75, 3.05) is 0 Å². The molecule has 4 nitrogen and oxygen atoms in total. The van der Waals surface area contributed by atoms with Gasteiger partial charge in [-0.05, 0) is 107 Å². The molecule has 0 spiro atoms. The third-order valence-electron chi connectivity index (χ3n) is 7.39. The molecule has 2 aliphatic carbocycles. The lowest BCUT2D eigenvalue weighted by Crippen LogP contribution is -2.14. The van der Waals surface area contributed by atoms with Crippen molar-refractivity contribution in [2.45, 2.75) is 109 Å². The summed E-state index contributed by atoms with van der Waals surface area (Å²) in [4.78, 5) is 21.8. The number of carbonyl (C=O) groups is 2. The lowest BCUT2D eigenvalue weighted by atomic mass is 9.93. The number of carbonyl (C=O) groups excluding carboxylic acids is 1. The molecule has 0 unspecified atom stereocenters. The second-order valence-corrected chi connectivity index (χ2v) is 9.81. The zero-order chi connectivity index (χ0) is 21.6. The van der Waals surface area contributed by atoms with E-state index in [4.69, 9.17) is 4.74 Å². The van der Waals surface area contributed by atoms with Gasteiger partial charge in [-0.25, -0.2) is 0 Å². The first-order valence-electron chi connectivity index (χ1n) is 11.8. The van der Waals surface area contributed by atoms with Crippen LogP contribution in [0.3, 0.4) is 0 Å². The maximum Gasteiger partial charge on any atom is 0.309 e. The van der Waals surface area contributed by atoms with E-state index in [1.54, 1.807) is 0 Å². The standard InChI is InChI=1S/C26H38O4/c1-20-18-23(10-6-8-12-26(15-16-26)30-19-27)21(2)17-22(20)9-5-3-4-7-11-25(13-14-25)24(28)29/h17-19H,3-16H2,1-2H3,(H,28,29). The van der Waals surface area contributed by atoms with E-state index in [0.717, 1.165) is 77.0 Å². The van der Waals surface area contributed by atoms with E-state index in [0.29, 0.717) is 6.47 Å². The normalized spacial score (nSPS) is 18.1. The summed E-state index contributed by atoms with van der Waals surface area (Å²) in [6.07, 6.45) is 14.7. The lowest BCUT2D eigenvalue weighted by Gasteiger charge is -2.14. The summed E-state index contributed by atoms with van der Waals surface area (Å²) < 4.78 is 5.24. The molecule has 1 aromatic carbocycles. The highest BCUT2D eigenvalue weighted by atomic mass is 16.5. The van der Waals surface area contributed by atoms with Gasteiger partial charge in [0.15, 0.2) is 0 Å². The zero-order valence-corrected chi connectivity index (χ0v) is 18.8. The van der Waals surface area contributed by atoms with Gasteiger partial charge in [-0.2, -0.15) is 0 Å². The molecule has 166 valence electrons. The number of carboxylic acid groups (broad SMARTS) is 1. The number of carboxylic acids is 1. The fourth-order valence-corrected chi connectivity index (χ4v) is 4.76. The molecular weight excluding hydrogens is 376 g/mol. The van der Waals surface area contributed by atoms with Crippen molar-refractivity contribution in [3.63, 3.8) is 0 Å². The Balaban J connectivity index is 1.34. The summed E-state index contributed by atoms with van der Waals surface area (Å²) in [6, 6.07) is 4.73. The summed E-state index contributed by atoms with van der Waals surface area (Å²) in [5.74, 6) is -0.588. The van der Waals surface area contributed by atoms with Gasteiger partial charge >= 0.3 is 5.97 Å². The van der Waals surface area contributed by atoms with Crippen LogP contribution in [0, 0.1) is 19.3 Å². The van der Waals surface area contributed by atoms with Crippen molar-refractivity contribution in [2.24, 2.45) is 5.41 Å². The Kier molecular flexibility index (Phi) is 7.60. The van der Waals surface area contributed by atoms with Crippen LogP contribution in [-0.2, 0) is 27.2 Å². The van der Waals surface area contributed by atoms with Crippen LogP contribution in [0.25, 0.3) is 0 Å². The Labute approximate surface area is 181 Å². The zero-order valence-electron chi connectivity index (χ0n) is 18.8. The van der Waals surface area contributed by atoms with Crippen molar-refractivity contribution < 1.29 is 19.4 Å². The van der Waals surface area contributed by atoms with Crippen molar-refractivity contribution in [1.82, 2.24) is 0 Å². The van der Waals surface area contributed by atoms with Crippen molar-refractivity contribution in [3.05, 3.63) is 34.4 Å². The third kappa shape index (κ3) is 6.09. The highest BCUT2D eigenvalue weighted by Gasteiger charge is 2.49.